The van der Waals surface area contributed by atoms with Gasteiger partial charge in [0.05, 0.1) is 18.8 Å². The number of methoxy groups -OCH3 is 1. The fourth-order valence-corrected chi connectivity index (χ4v) is 1.96. The molecule has 17 heavy (non-hydrogen) atoms. The maximum Gasteiger partial charge on any atom is 0.145 e. The molecule has 0 bridgehead atoms. The van der Waals surface area contributed by atoms with Crippen LogP contribution in [0.2, 0.25) is 0 Å². The van der Waals surface area contributed by atoms with Crippen LogP contribution in [0.5, 0.6) is 5.75 Å². The van der Waals surface area contributed by atoms with Crippen LogP contribution in [0.3, 0.4) is 0 Å². The maximum atomic E-state index is 5.64. The lowest BCUT2D eigenvalue weighted by atomic mass is 10.1. The van der Waals surface area contributed by atoms with Crippen LogP contribution in [-0.2, 0) is 0 Å². The van der Waals surface area contributed by atoms with Crippen molar-refractivity contribution in [1.29, 1.82) is 0 Å². The molecule has 0 aliphatic carbocycles. The van der Waals surface area contributed by atoms with Gasteiger partial charge in [-0.1, -0.05) is 12.1 Å². The third kappa shape index (κ3) is 1.56. The third-order valence-corrected chi connectivity index (χ3v) is 2.75. The van der Waals surface area contributed by atoms with Crippen molar-refractivity contribution in [2.45, 2.75) is 0 Å². The largest absolute Gasteiger partial charge is 0.496 e. The molecule has 3 nitrogen and oxygen atoms in total. The molecule has 0 aliphatic heterocycles. The average molecular weight is 225 g/mol. The summed E-state index contributed by atoms with van der Waals surface area (Å²) in [5.41, 5.74) is 1.000. The molecule has 0 saturated heterocycles. The van der Waals surface area contributed by atoms with Gasteiger partial charge < -0.3 is 9.15 Å². The molecule has 0 unspecified atom stereocenters. The van der Waals surface area contributed by atoms with Crippen molar-refractivity contribution in [2.24, 2.45) is 0 Å². The van der Waals surface area contributed by atoms with Crippen molar-refractivity contribution in [3.63, 3.8) is 0 Å². The third-order valence-electron chi connectivity index (χ3n) is 2.75. The van der Waals surface area contributed by atoms with E-state index in [1.807, 2.05) is 30.3 Å². The Bertz CT molecular complexity index is 644. The number of nitrogens with zero attached hydrogens (tertiary/aromatic N) is 1. The van der Waals surface area contributed by atoms with Crippen LogP contribution in [0.4, 0.5) is 0 Å². The SMILES string of the molecule is COc1cccc2coc(-c3ccncc3)c12. The Morgan fingerprint density at radius 1 is 1.12 bits per heavy atom. The first-order chi connectivity index (χ1) is 8.40. The molecule has 2 heterocycles. The lowest BCUT2D eigenvalue weighted by Crippen LogP contribution is -1.84. The molecule has 0 spiro atoms. The average Bonchev–Trinajstić information content (AvgIpc) is 2.83. The van der Waals surface area contributed by atoms with Crippen LogP contribution in [0.25, 0.3) is 22.1 Å². The predicted octanol–water partition coefficient (Wildman–Crippen LogP) is 3.50. The van der Waals surface area contributed by atoms with Gasteiger partial charge in [-0.2, -0.15) is 0 Å². The summed E-state index contributed by atoms with van der Waals surface area (Å²) in [6.07, 6.45) is 5.24. The van der Waals surface area contributed by atoms with Gasteiger partial charge in [-0.15, -0.1) is 0 Å². The lowest BCUT2D eigenvalue weighted by Gasteiger charge is -2.03. The highest BCUT2D eigenvalue weighted by Crippen LogP contribution is 2.36. The minimum absolute atomic E-state index is 0.819. The minimum atomic E-state index is 0.819. The molecule has 3 aromatic rings. The molecule has 0 aliphatic rings. The fraction of sp³-hybridized carbons (Fsp3) is 0.0714. The summed E-state index contributed by atoms with van der Waals surface area (Å²) < 4.78 is 11.0. The van der Waals surface area contributed by atoms with Crippen molar-refractivity contribution in [2.75, 3.05) is 7.11 Å². The van der Waals surface area contributed by atoms with E-state index in [1.54, 1.807) is 25.8 Å². The Morgan fingerprint density at radius 3 is 2.71 bits per heavy atom. The van der Waals surface area contributed by atoms with Gasteiger partial charge in [-0.3, -0.25) is 4.98 Å². The first-order valence-corrected chi connectivity index (χ1v) is 5.35. The predicted molar refractivity (Wildman–Crippen MR) is 66.0 cm³/mol. The summed E-state index contributed by atoms with van der Waals surface area (Å²) in [6, 6.07) is 9.73. The van der Waals surface area contributed by atoms with Crippen LogP contribution < -0.4 is 4.74 Å². The molecule has 1 aromatic carbocycles. The van der Waals surface area contributed by atoms with Gasteiger partial charge in [0, 0.05) is 23.3 Å². The molecular formula is C14H11NO2. The number of ether oxygens (including phenoxy) is 1. The molecule has 3 heteroatoms. The van der Waals surface area contributed by atoms with E-state index in [4.69, 9.17) is 9.15 Å². The molecule has 0 atom stereocenters. The summed E-state index contributed by atoms with van der Waals surface area (Å²) in [5.74, 6) is 1.64. The van der Waals surface area contributed by atoms with Crippen LogP contribution in [0, 0.1) is 0 Å². The van der Waals surface area contributed by atoms with Crippen LogP contribution in [0.15, 0.2) is 53.4 Å². The van der Waals surface area contributed by atoms with Crippen molar-refractivity contribution in [3.8, 4) is 17.1 Å². The van der Waals surface area contributed by atoms with Gasteiger partial charge in [-0.25, -0.2) is 0 Å². The Morgan fingerprint density at radius 2 is 1.94 bits per heavy atom. The normalized spacial score (nSPS) is 10.6. The number of furan rings is 1. The van der Waals surface area contributed by atoms with Crippen LogP contribution in [-0.4, -0.2) is 12.1 Å². The van der Waals surface area contributed by atoms with E-state index >= 15 is 0 Å². The van der Waals surface area contributed by atoms with Crippen molar-refractivity contribution in [3.05, 3.63) is 49.0 Å². The standard InChI is InChI=1S/C14H11NO2/c1-16-12-4-2-3-11-9-17-14(13(11)12)10-5-7-15-8-6-10/h2-9H,1H3. The Hall–Kier alpha value is -2.29. The van der Waals surface area contributed by atoms with Gasteiger partial charge in [0.25, 0.3) is 0 Å². The van der Waals surface area contributed by atoms with Gasteiger partial charge in [0.1, 0.15) is 11.5 Å². The van der Waals surface area contributed by atoms with Crippen LogP contribution in [0.1, 0.15) is 0 Å². The summed E-state index contributed by atoms with van der Waals surface area (Å²) in [6.45, 7) is 0. The molecule has 3 rings (SSSR count). The smallest absolute Gasteiger partial charge is 0.145 e. The highest BCUT2D eigenvalue weighted by molar-refractivity contribution is 5.98. The summed E-state index contributed by atoms with van der Waals surface area (Å²) in [7, 11) is 1.66. The van der Waals surface area contributed by atoms with Crippen molar-refractivity contribution < 1.29 is 9.15 Å². The second kappa shape index (κ2) is 3.94. The van der Waals surface area contributed by atoms with Gasteiger partial charge in [-0.05, 0) is 18.2 Å². The topological polar surface area (TPSA) is 35.3 Å². The lowest BCUT2D eigenvalue weighted by molar-refractivity contribution is 0.419. The minimum Gasteiger partial charge on any atom is -0.496 e. The van der Waals surface area contributed by atoms with Gasteiger partial charge in [0.15, 0.2) is 0 Å². The Kier molecular flexibility index (Phi) is 2.29. The number of rotatable bonds is 2. The Balaban J connectivity index is 2.31. The molecule has 0 N–H and O–H groups in total. The molecule has 0 fully saturated rings. The number of hydrogen-bond donors (Lipinski definition) is 0. The maximum absolute atomic E-state index is 5.64. The zero-order valence-electron chi connectivity index (χ0n) is 9.38. The fourth-order valence-electron chi connectivity index (χ4n) is 1.96. The molecule has 84 valence electrons. The first kappa shape index (κ1) is 9.90. The zero-order chi connectivity index (χ0) is 11.7. The molecule has 0 amide bonds. The number of benzene rings is 1. The van der Waals surface area contributed by atoms with E-state index in [-0.39, 0.29) is 0 Å². The number of pyridine rings is 1. The molecule has 0 saturated carbocycles. The first-order valence-electron chi connectivity index (χ1n) is 5.35. The highest BCUT2D eigenvalue weighted by Gasteiger charge is 2.12. The number of fused-ring (bicyclic) bond motifs is 1. The highest BCUT2D eigenvalue weighted by atomic mass is 16.5. The number of hydrogen-bond acceptors (Lipinski definition) is 3. The summed E-state index contributed by atoms with van der Waals surface area (Å²) >= 11 is 0. The Labute approximate surface area is 98.7 Å². The van der Waals surface area contributed by atoms with Crippen molar-refractivity contribution in [1.82, 2.24) is 4.98 Å². The van der Waals surface area contributed by atoms with E-state index in [9.17, 15) is 0 Å². The molecule has 2 aromatic heterocycles. The zero-order valence-corrected chi connectivity index (χ0v) is 9.38. The van der Waals surface area contributed by atoms with E-state index < -0.39 is 0 Å². The molecular weight excluding hydrogens is 214 g/mol. The second-order valence-corrected chi connectivity index (χ2v) is 3.73. The summed E-state index contributed by atoms with van der Waals surface area (Å²) in [4.78, 5) is 4.00. The summed E-state index contributed by atoms with van der Waals surface area (Å²) in [5, 5.41) is 2.04. The van der Waals surface area contributed by atoms with Crippen molar-refractivity contribution >= 4 is 10.8 Å². The van der Waals surface area contributed by atoms with Gasteiger partial charge in [0.2, 0.25) is 0 Å². The van der Waals surface area contributed by atoms with E-state index in [1.165, 1.54) is 0 Å². The van der Waals surface area contributed by atoms with E-state index in [0.717, 1.165) is 27.8 Å². The van der Waals surface area contributed by atoms with Gasteiger partial charge >= 0.3 is 0 Å². The van der Waals surface area contributed by atoms with E-state index in [0.29, 0.717) is 0 Å². The quantitative estimate of drug-likeness (QED) is 0.669. The van der Waals surface area contributed by atoms with Crippen LogP contribution >= 0.6 is 0 Å². The van der Waals surface area contributed by atoms with E-state index in [2.05, 4.69) is 4.98 Å². The molecule has 0 radical (unpaired) electrons. The number of aromatic nitrogens is 1. The monoisotopic (exact) mass is 225 g/mol. The second-order valence-electron chi connectivity index (χ2n) is 3.73.